The van der Waals surface area contributed by atoms with Gasteiger partial charge in [-0.3, -0.25) is 4.79 Å². The van der Waals surface area contributed by atoms with E-state index >= 15 is 0 Å². The molecule has 1 atom stereocenters. The SMILES string of the molecule is Cc1c(C(=O)NCC(C)CN)oc2c(C)cccc12.Cl. The van der Waals surface area contributed by atoms with E-state index in [0.717, 1.165) is 22.1 Å². The Hall–Kier alpha value is -1.52. The van der Waals surface area contributed by atoms with E-state index in [4.69, 9.17) is 10.2 Å². The van der Waals surface area contributed by atoms with Gasteiger partial charge >= 0.3 is 0 Å². The second kappa shape index (κ2) is 6.77. The second-order valence-electron chi connectivity index (χ2n) is 5.06. The van der Waals surface area contributed by atoms with Crippen LogP contribution in [0.5, 0.6) is 0 Å². The van der Waals surface area contributed by atoms with Crippen LogP contribution in [0.15, 0.2) is 22.6 Å². The standard InChI is InChI=1S/C15H20N2O2.ClH/c1-9(7-16)8-17-15(18)14-11(3)12-6-4-5-10(2)13(12)19-14;/h4-6,9H,7-8,16H2,1-3H3,(H,17,18);1H. The molecule has 20 heavy (non-hydrogen) atoms. The van der Waals surface area contributed by atoms with Gasteiger partial charge in [0.2, 0.25) is 0 Å². The van der Waals surface area contributed by atoms with E-state index in [1.165, 1.54) is 0 Å². The molecule has 2 rings (SSSR count). The molecule has 0 fully saturated rings. The highest BCUT2D eigenvalue weighted by Crippen LogP contribution is 2.27. The van der Waals surface area contributed by atoms with Gasteiger partial charge < -0.3 is 15.5 Å². The number of amides is 1. The Labute approximate surface area is 125 Å². The van der Waals surface area contributed by atoms with Gasteiger partial charge in [-0.1, -0.05) is 25.1 Å². The van der Waals surface area contributed by atoms with Crippen molar-refractivity contribution in [3.63, 3.8) is 0 Å². The van der Waals surface area contributed by atoms with Crippen LogP contribution < -0.4 is 11.1 Å². The first-order valence-electron chi connectivity index (χ1n) is 6.51. The average Bonchev–Trinajstić information content (AvgIpc) is 2.75. The number of benzene rings is 1. The molecule has 0 saturated carbocycles. The number of furan rings is 1. The Morgan fingerprint density at radius 1 is 1.40 bits per heavy atom. The van der Waals surface area contributed by atoms with Crippen molar-refractivity contribution in [3.8, 4) is 0 Å². The summed E-state index contributed by atoms with van der Waals surface area (Å²) in [6.45, 7) is 7.00. The fraction of sp³-hybridized carbons (Fsp3) is 0.400. The highest BCUT2D eigenvalue weighted by atomic mass is 35.5. The average molecular weight is 297 g/mol. The number of hydrogen-bond donors (Lipinski definition) is 2. The molecule has 110 valence electrons. The second-order valence-corrected chi connectivity index (χ2v) is 5.06. The Balaban J connectivity index is 0.00000200. The molecule has 0 aliphatic rings. The number of nitrogens with one attached hydrogen (secondary N) is 1. The minimum atomic E-state index is -0.173. The van der Waals surface area contributed by atoms with Gasteiger partial charge in [0.25, 0.3) is 5.91 Å². The number of aryl methyl sites for hydroxylation is 2. The van der Waals surface area contributed by atoms with Crippen molar-refractivity contribution >= 4 is 29.3 Å². The van der Waals surface area contributed by atoms with Crippen LogP contribution in [0.1, 0.15) is 28.6 Å². The van der Waals surface area contributed by atoms with Gasteiger partial charge in [0.05, 0.1) is 0 Å². The van der Waals surface area contributed by atoms with Crippen LogP contribution in [0.2, 0.25) is 0 Å². The fourth-order valence-electron chi connectivity index (χ4n) is 2.03. The van der Waals surface area contributed by atoms with Crippen molar-refractivity contribution in [1.82, 2.24) is 5.32 Å². The van der Waals surface area contributed by atoms with Gasteiger partial charge in [0, 0.05) is 17.5 Å². The molecule has 0 aliphatic carbocycles. The van der Waals surface area contributed by atoms with Crippen molar-refractivity contribution in [3.05, 3.63) is 35.1 Å². The maximum Gasteiger partial charge on any atom is 0.287 e. The summed E-state index contributed by atoms with van der Waals surface area (Å²) in [7, 11) is 0. The number of fused-ring (bicyclic) bond motifs is 1. The first kappa shape index (κ1) is 16.5. The van der Waals surface area contributed by atoms with Crippen LogP contribution in [-0.2, 0) is 0 Å². The van der Waals surface area contributed by atoms with E-state index in [2.05, 4.69) is 5.32 Å². The molecule has 1 aromatic carbocycles. The molecule has 0 radical (unpaired) electrons. The van der Waals surface area contributed by atoms with Crippen LogP contribution in [-0.4, -0.2) is 19.0 Å². The highest BCUT2D eigenvalue weighted by Gasteiger charge is 2.18. The van der Waals surface area contributed by atoms with Gasteiger partial charge in [-0.15, -0.1) is 12.4 Å². The van der Waals surface area contributed by atoms with E-state index in [1.807, 2.05) is 39.0 Å². The minimum Gasteiger partial charge on any atom is -0.450 e. The Morgan fingerprint density at radius 3 is 2.70 bits per heavy atom. The van der Waals surface area contributed by atoms with E-state index in [9.17, 15) is 4.79 Å². The minimum absolute atomic E-state index is 0. The van der Waals surface area contributed by atoms with Crippen LogP contribution >= 0.6 is 12.4 Å². The van der Waals surface area contributed by atoms with E-state index in [0.29, 0.717) is 18.8 Å². The third-order valence-corrected chi connectivity index (χ3v) is 3.38. The van der Waals surface area contributed by atoms with Crippen LogP contribution in [0.4, 0.5) is 0 Å². The van der Waals surface area contributed by atoms with Crippen LogP contribution in [0.25, 0.3) is 11.0 Å². The number of carbonyl (C=O) groups is 1. The van der Waals surface area contributed by atoms with Gasteiger partial charge in [-0.25, -0.2) is 0 Å². The van der Waals surface area contributed by atoms with Crippen LogP contribution in [0.3, 0.4) is 0 Å². The molecule has 0 saturated heterocycles. The largest absolute Gasteiger partial charge is 0.450 e. The van der Waals surface area contributed by atoms with Crippen molar-refractivity contribution in [2.24, 2.45) is 11.7 Å². The molecule has 0 spiro atoms. The number of hydrogen-bond acceptors (Lipinski definition) is 3. The summed E-state index contributed by atoms with van der Waals surface area (Å²) in [6, 6.07) is 5.92. The predicted octanol–water partition coefficient (Wildman–Crippen LogP) is 2.80. The molecule has 1 unspecified atom stereocenters. The van der Waals surface area contributed by atoms with Gasteiger partial charge in [0.15, 0.2) is 5.76 Å². The quantitative estimate of drug-likeness (QED) is 0.911. The summed E-state index contributed by atoms with van der Waals surface area (Å²) < 4.78 is 5.71. The van der Waals surface area contributed by atoms with Crippen molar-refractivity contribution in [2.75, 3.05) is 13.1 Å². The molecular weight excluding hydrogens is 276 g/mol. The lowest BCUT2D eigenvalue weighted by atomic mass is 10.1. The van der Waals surface area contributed by atoms with E-state index in [-0.39, 0.29) is 24.2 Å². The lowest BCUT2D eigenvalue weighted by Crippen LogP contribution is -2.31. The molecule has 1 heterocycles. The van der Waals surface area contributed by atoms with Crippen molar-refractivity contribution in [1.29, 1.82) is 0 Å². The van der Waals surface area contributed by atoms with E-state index < -0.39 is 0 Å². The Morgan fingerprint density at radius 2 is 2.10 bits per heavy atom. The zero-order valence-corrected chi connectivity index (χ0v) is 12.8. The monoisotopic (exact) mass is 296 g/mol. The van der Waals surface area contributed by atoms with Gasteiger partial charge in [-0.05, 0) is 31.9 Å². The molecule has 0 aliphatic heterocycles. The summed E-state index contributed by atoms with van der Waals surface area (Å²) in [4.78, 5) is 12.1. The third-order valence-electron chi connectivity index (χ3n) is 3.38. The fourth-order valence-corrected chi connectivity index (χ4v) is 2.03. The van der Waals surface area contributed by atoms with Crippen molar-refractivity contribution < 1.29 is 9.21 Å². The van der Waals surface area contributed by atoms with Crippen molar-refractivity contribution in [2.45, 2.75) is 20.8 Å². The summed E-state index contributed by atoms with van der Waals surface area (Å²) >= 11 is 0. The van der Waals surface area contributed by atoms with E-state index in [1.54, 1.807) is 0 Å². The van der Waals surface area contributed by atoms with Gasteiger partial charge in [0.1, 0.15) is 5.58 Å². The number of nitrogens with two attached hydrogens (primary N) is 1. The topological polar surface area (TPSA) is 68.3 Å². The molecule has 1 aromatic heterocycles. The summed E-state index contributed by atoms with van der Waals surface area (Å²) in [5.74, 6) is 0.484. The maximum atomic E-state index is 12.1. The smallest absolute Gasteiger partial charge is 0.287 e. The maximum absolute atomic E-state index is 12.1. The summed E-state index contributed by atoms with van der Waals surface area (Å²) in [6.07, 6.45) is 0. The number of rotatable bonds is 4. The molecule has 0 bridgehead atoms. The molecule has 3 N–H and O–H groups in total. The molecule has 1 amide bonds. The molecule has 2 aromatic rings. The molecule has 4 nitrogen and oxygen atoms in total. The van der Waals surface area contributed by atoms with Crippen LogP contribution in [0, 0.1) is 19.8 Å². The number of carbonyl (C=O) groups excluding carboxylic acids is 1. The first-order valence-corrected chi connectivity index (χ1v) is 6.51. The predicted molar refractivity (Wildman–Crippen MR) is 83.5 cm³/mol. The lowest BCUT2D eigenvalue weighted by Gasteiger charge is -2.08. The lowest BCUT2D eigenvalue weighted by molar-refractivity contribution is 0.0922. The number of halogens is 1. The third kappa shape index (κ3) is 3.14. The Bertz CT molecular complexity index is 607. The Kier molecular flexibility index (Phi) is 5.60. The normalized spacial score (nSPS) is 12.0. The number of para-hydroxylation sites is 1. The van der Waals surface area contributed by atoms with Gasteiger partial charge in [-0.2, -0.15) is 0 Å². The molecule has 5 heteroatoms. The zero-order chi connectivity index (χ0) is 14.0. The first-order chi connectivity index (χ1) is 9.04. The zero-order valence-electron chi connectivity index (χ0n) is 12.0. The summed E-state index contributed by atoms with van der Waals surface area (Å²) in [5.41, 5.74) is 8.24. The molecular formula is C15H21ClN2O2. The highest BCUT2D eigenvalue weighted by molar-refractivity contribution is 5.99. The summed E-state index contributed by atoms with van der Waals surface area (Å²) in [5, 5.41) is 3.86.